The van der Waals surface area contributed by atoms with Gasteiger partial charge in [-0.1, -0.05) is 44.4 Å². The van der Waals surface area contributed by atoms with Crippen molar-refractivity contribution >= 4 is 5.71 Å². The van der Waals surface area contributed by atoms with Gasteiger partial charge in [-0.25, -0.2) is 0 Å². The maximum absolute atomic E-state index is 10.4. The largest absolute Gasteiger partial charge is 0.508 e. The number of aliphatic imine (C=N–C) groups is 1. The number of unbranched alkanes of at least 4 members (excludes halogenated alkanes) is 3. The van der Waals surface area contributed by atoms with E-state index in [4.69, 9.17) is 14.5 Å². The number of fused-ring (bicyclic) bond motifs is 1. The van der Waals surface area contributed by atoms with Crippen LogP contribution in [0.4, 0.5) is 0 Å². The molecule has 29 heavy (non-hydrogen) atoms. The van der Waals surface area contributed by atoms with Crippen molar-refractivity contribution in [2.75, 3.05) is 6.79 Å². The molecule has 0 saturated heterocycles. The molecule has 0 fully saturated rings. The number of nitrogens with one attached hydrogen (secondary N) is 1. The van der Waals surface area contributed by atoms with Gasteiger partial charge >= 0.3 is 0 Å². The average molecular weight is 395 g/mol. The molecule has 2 atom stereocenters. The molecular weight excluding hydrogens is 364 g/mol. The van der Waals surface area contributed by atoms with Crippen LogP contribution in [0.1, 0.15) is 69.5 Å². The molecule has 0 bridgehead atoms. The number of rotatable bonds is 7. The summed E-state index contributed by atoms with van der Waals surface area (Å²) >= 11 is 0. The zero-order valence-electron chi connectivity index (χ0n) is 17.3. The van der Waals surface area contributed by atoms with Crippen LogP contribution in [0.5, 0.6) is 17.2 Å². The number of aromatic hydroxyl groups is 1. The van der Waals surface area contributed by atoms with E-state index in [-0.39, 0.29) is 18.5 Å². The van der Waals surface area contributed by atoms with Crippen LogP contribution in [0, 0.1) is 0 Å². The van der Waals surface area contributed by atoms with Crippen molar-refractivity contribution in [1.29, 1.82) is 0 Å². The van der Waals surface area contributed by atoms with Gasteiger partial charge in [-0.15, -0.1) is 0 Å². The Balaban J connectivity index is 1.65. The van der Waals surface area contributed by atoms with E-state index in [1.54, 1.807) is 6.07 Å². The van der Waals surface area contributed by atoms with Crippen molar-refractivity contribution in [1.82, 2.24) is 5.32 Å². The van der Waals surface area contributed by atoms with Crippen LogP contribution in [0.2, 0.25) is 0 Å². The van der Waals surface area contributed by atoms with Crippen LogP contribution in [0.3, 0.4) is 0 Å². The van der Waals surface area contributed by atoms with Gasteiger partial charge in [-0.05, 0) is 49.6 Å². The molecule has 0 saturated carbocycles. The highest BCUT2D eigenvalue weighted by Crippen LogP contribution is 2.37. The van der Waals surface area contributed by atoms with Crippen molar-refractivity contribution in [2.24, 2.45) is 4.99 Å². The van der Waals surface area contributed by atoms with Crippen LogP contribution in [0.25, 0.3) is 0 Å². The lowest BCUT2D eigenvalue weighted by Crippen LogP contribution is -2.47. The van der Waals surface area contributed by atoms with E-state index in [0.717, 1.165) is 41.2 Å². The van der Waals surface area contributed by atoms with Crippen LogP contribution in [0.15, 0.2) is 47.5 Å². The second kappa shape index (κ2) is 8.46. The molecule has 2 aliphatic rings. The second-order valence-corrected chi connectivity index (χ2v) is 8.17. The first-order valence-corrected chi connectivity index (χ1v) is 10.6. The van der Waals surface area contributed by atoms with Gasteiger partial charge < -0.3 is 14.6 Å². The van der Waals surface area contributed by atoms with Gasteiger partial charge in [0.25, 0.3) is 0 Å². The molecule has 5 nitrogen and oxygen atoms in total. The predicted octanol–water partition coefficient (Wildman–Crippen LogP) is 5.33. The summed E-state index contributed by atoms with van der Waals surface area (Å²) in [5.41, 5.74) is 2.63. The lowest BCUT2D eigenvalue weighted by atomic mass is 9.90. The second-order valence-electron chi connectivity index (χ2n) is 8.17. The van der Waals surface area contributed by atoms with E-state index < -0.39 is 0 Å². The minimum atomic E-state index is -0.370. The third-order valence-corrected chi connectivity index (χ3v) is 5.80. The number of benzene rings is 2. The van der Waals surface area contributed by atoms with Crippen molar-refractivity contribution in [3.05, 3.63) is 53.6 Å². The summed E-state index contributed by atoms with van der Waals surface area (Å²) in [4.78, 5) is 5.14. The normalized spacial score (nSPS) is 23.1. The number of phenols is 1. The maximum Gasteiger partial charge on any atom is 0.231 e. The van der Waals surface area contributed by atoms with Gasteiger partial charge in [-0.2, -0.15) is 0 Å². The molecule has 0 amide bonds. The third kappa shape index (κ3) is 4.40. The van der Waals surface area contributed by atoms with Crippen LogP contribution in [-0.2, 0) is 0 Å². The first kappa shape index (κ1) is 19.8. The Kier molecular flexibility index (Phi) is 5.76. The molecule has 2 aromatic rings. The molecule has 0 unspecified atom stereocenters. The van der Waals surface area contributed by atoms with Crippen LogP contribution >= 0.6 is 0 Å². The van der Waals surface area contributed by atoms with Crippen molar-refractivity contribution < 1.29 is 14.6 Å². The van der Waals surface area contributed by atoms with Gasteiger partial charge in [0.05, 0.1) is 0 Å². The Bertz CT molecular complexity index is 895. The van der Waals surface area contributed by atoms with Crippen molar-refractivity contribution in [3.63, 3.8) is 0 Å². The number of ether oxygens (including phenoxy) is 2. The summed E-state index contributed by atoms with van der Waals surface area (Å²) in [7, 11) is 0. The third-order valence-electron chi connectivity index (χ3n) is 5.80. The van der Waals surface area contributed by atoms with E-state index >= 15 is 0 Å². The Morgan fingerprint density at radius 1 is 1.10 bits per heavy atom. The average Bonchev–Trinajstić information content (AvgIpc) is 3.19. The first-order valence-electron chi connectivity index (χ1n) is 10.6. The Morgan fingerprint density at radius 3 is 2.76 bits per heavy atom. The molecule has 154 valence electrons. The van der Waals surface area contributed by atoms with E-state index in [2.05, 4.69) is 25.2 Å². The summed E-state index contributed by atoms with van der Waals surface area (Å²) in [5, 5.41) is 14.2. The Hall–Kier alpha value is -2.53. The van der Waals surface area contributed by atoms with Crippen molar-refractivity contribution in [3.8, 4) is 17.2 Å². The SMILES string of the molecule is CCCCCC[C@@]1(C)N=C(c2ccc3c(c2)OCO3)C[C@@H](c2ccccc2O)N1. The highest BCUT2D eigenvalue weighted by atomic mass is 16.7. The molecule has 0 spiro atoms. The monoisotopic (exact) mass is 394 g/mol. The Labute approximate surface area is 172 Å². The van der Waals surface area contributed by atoms with Gasteiger partial charge in [0.15, 0.2) is 11.5 Å². The molecule has 2 N–H and O–H groups in total. The lowest BCUT2D eigenvalue weighted by molar-refractivity contribution is 0.174. The fourth-order valence-corrected chi connectivity index (χ4v) is 4.25. The molecular formula is C24H30N2O3. The molecule has 0 radical (unpaired) electrons. The van der Waals surface area contributed by atoms with E-state index in [9.17, 15) is 5.11 Å². The number of hydrogen-bond acceptors (Lipinski definition) is 5. The Morgan fingerprint density at radius 2 is 1.93 bits per heavy atom. The summed E-state index contributed by atoms with van der Waals surface area (Å²) in [6.07, 6.45) is 6.48. The molecule has 5 heteroatoms. The summed E-state index contributed by atoms with van der Waals surface area (Å²) in [6, 6.07) is 13.6. The van der Waals surface area contributed by atoms with E-state index in [0.29, 0.717) is 12.2 Å². The number of phenolic OH excluding ortho intramolecular Hbond substituents is 1. The highest BCUT2D eigenvalue weighted by molar-refractivity contribution is 6.02. The standard InChI is InChI=1S/C24H30N2O3/c1-3-4-5-8-13-24(2)25-19(17-11-12-22-23(14-17)29-16-28-22)15-20(26-24)18-9-6-7-10-21(18)27/h6-7,9-12,14,20,26-27H,3-5,8,13,15-16H2,1-2H3/t20-,24-/m0/s1. The molecule has 0 aromatic heterocycles. The number of para-hydroxylation sites is 1. The van der Waals surface area contributed by atoms with E-state index in [1.807, 2.05) is 30.3 Å². The fourth-order valence-electron chi connectivity index (χ4n) is 4.25. The lowest BCUT2D eigenvalue weighted by Gasteiger charge is -2.38. The van der Waals surface area contributed by atoms with E-state index in [1.165, 1.54) is 19.3 Å². The molecule has 2 heterocycles. The predicted molar refractivity (Wildman–Crippen MR) is 115 cm³/mol. The number of nitrogens with zero attached hydrogens (tertiary/aromatic N) is 1. The fraction of sp³-hybridized carbons (Fsp3) is 0.458. The van der Waals surface area contributed by atoms with Crippen molar-refractivity contribution in [2.45, 2.75) is 64.1 Å². The smallest absolute Gasteiger partial charge is 0.231 e. The van der Waals surface area contributed by atoms with Gasteiger partial charge in [0.1, 0.15) is 11.4 Å². The summed E-state index contributed by atoms with van der Waals surface area (Å²) < 4.78 is 11.0. The van der Waals surface area contributed by atoms with Gasteiger partial charge in [0, 0.05) is 23.7 Å². The summed E-state index contributed by atoms with van der Waals surface area (Å²) in [5.74, 6) is 1.88. The van der Waals surface area contributed by atoms with Crippen LogP contribution < -0.4 is 14.8 Å². The zero-order chi connectivity index (χ0) is 20.3. The molecule has 0 aliphatic carbocycles. The van der Waals surface area contributed by atoms with Gasteiger partial charge in [0.2, 0.25) is 6.79 Å². The van der Waals surface area contributed by atoms with Crippen LogP contribution in [-0.4, -0.2) is 23.3 Å². The maximum atomic E-state index is 10.4. The highest BCUT2D eigenvalue weighted by Gasteiger charge is 2.34. The number of hydrogen-bond donors (Lipinski definition) is 2. The first-order chi connectivity index (χ1) is 14.1. The molecule has 2 aliphatic heterocycles. The summed E-state index contributed by atoms with van der Waals surface area (Å²) in [6.45, 7) is 4.66. The van der Waals surface area contributed by atoms with Gasteiger partial charge in [-0.3, -0.25) is 10.3 Å². The zero-order valence-corrected chi connectivity index (χ0v) is 17.3. The minimum absolute atomic E-state index is 0.00491. The minimum Gasteiger partial charge on any atom is -0.508 e. The quantitative estimate of drug-likeness (QED) is 0.623. The topological polar surface area (TPSA) is 63.1 Å². The molecule has 2 aromatic carbocycles. The molecule has 4 rings (SSSR count).